The van der Waals surface area contributed by atoms with Gasteiger partial charge in [-0.25, -0.2) is 0 Å². The fourth-order valence-electron chi connectivity index (χ4n) is 1.20. The second-order valence-corrected chi connectivity index (χ2v) is 5.23. The maximum Gasteiger partial charge on any atom is 0.291 e. The Morgan fingerprint density at radius 2 is 2.00 bits per heavy atom. The van der Waals surface area contributed by atoms with Crippen LogP contribution >= 0.6 is 43.5 Å². The number of amides is 1. The topological polar surface area (TPSA) is 42.2 Å². The zero-order valence-corrected chi connectivity index (χ0v) is 12.3. The Kier molecular flexibility index (Phi) is 3.91. The lowest BCUT2D eigenvalue weighted by Crippen LogP contribution is -2.10. The van der Waals surface area contributed by atoms with Crippen LogP contribution < -0.4 is 5.32 Å². The summed E-state index contributed by atoms with van der Waals surface area (Å²) < 4.78 is 6.37. The van der Waals surface area contributed by atoms with Gasteiger partial charge in [-0.2, -0.15) is 0 Å². The molecule has 0 unspecified atom stereocenters. The molecule has 1 amide bonds. The predicted molar refractivity (Wildman–Crippen MR) is 73.5 cm³/mol. The normalized spacial score (nSPS) is 10.3. The Balaban J connectivity index is 2.15. The van der Waals surface area contributed by atoms with Crippen LogP contribution in [0.5, 0.6) is 0 Å². The molecule has 88 valence electrons. The van der Waals surface area contributed by atoms with E-state index in [9.17, 15) is 4.79 Å². The second kappa shape index (κ2) is 5.25. The molecule has 1 aromatic carbocycles. The number of nitrogens with one attached hydrogen (secondary N) is 1. The molecule has 2 rings (SSSR count). The summed E-state index contributed by atoms with van der Waals surface area (Å²) in [5.41, 5.74) is 0.638. The number of carbonyl (C=O) groups excluding carboxylic acids is 1. The van der Waals surface area contributed by atoms with Crippen LogP contribution in [0.4, 0.5) is 5.69 Å². The van der Waals surface area contributed by atoms with Crippen LogP contribution in [0.15, 0.2) is 43.9 Å². The molecule has 1 N–H and O–H groups in total. The van der Waals surface area contributed by atoms with Crippen molar-refractivity contribution in [1.82, 2.24) is 0 Å². The minimum atomic E-state index is -0.315. The molecule has 0 aliphatic heterocycles. The van der Waals surface area contributed by atoms with Gasteiger partial charge in [0.2, 0.25) is 0 Å². The molecular weight excluding hydrogens is 373 g/mol. The largest absolute Gasteiger partial charge is 0.444 e. The van der Waals surface area contributed by atoms with Crippen molar-refractivity contribution in [2.24, 2.45) is 0 Å². The second-order valence-electron chi connectivity index (χ2n) is 3.19. The Bertz CT molecular complexity index is 568. The monoisotopic (exact) mass is 377 g/mol. The van der Waals surface area contributed by atoms with Crippen LogP contribution in [-0.4, -0.2) is 5.91 Å². The molecule has 1 heterocycles. The third-order valence-electron chi connectivity index (χ3n) is 1.97. The number of rotatable bonds is 2. The molecule has 0 bridgehead atoms. The highest BCUT2D eigenvalue weighted by atomic mass is 79.9. The van der Waals surface area contributed by atoms with Crippen molar-refractivity contribution in [3.05, 3.63) is 50.3 Å². The molecule has 0 saturated carbocycles. The Labute approximate surface area is 119 Å². The smallest absolute Gasteiger partial charge is 0.291 e. The SMILES string of the molecule is O=C(Nc1ccc(Cl)c(Br)c1)c1ccc(Br)o1. The fraction of sp³-hybridized carbons (Fsp3) is 0. The third kappa shape index (κ3) is 3.12. The van der Waals surface area contributed by atoms with Crippen molar-refractivity contribution in [3.8, 4) is 0 Å². The molecule has 0 saturated heterocycles. The average Bonchev–Trinajstić information content (AvgIpc) is 2.70. The van der Waals surface area contributed by atoms with Gasteiger partial charge in [0.05, 0.1) is 5.02 Å². The predicted octanol–water partition coefficient (Wildman–Crippen LogP) is 4.71. The molecule has 0 spiro atoms. The van der Waals surface area contributed by atoms with E-state index in [0.29, 0.717) is 15.4 Å². The van der Waals surface area contributed by atoms with Gasteiger partial charge in [-0.15, -0.1) is 0 Å². The summed E-state index contributed by atoms with van der Waals surface area (Å²) in [5, 5.41) is 3.28. The van der Waals surface area contributed by atoms with E-state index in [-0.39, 0.29) is 11.7 Å². The van der Waals surface area contributed by atoms with Gasteiger partial charge in [-0.05, 0) is 62.2 Å². The maximum absolute atomic E-state index is 11.7. The average molecular weight is 379 g/mol. The molecule has 17 heavy (non-hydrogen) atoms. The van der Waals surface area contributed by atoms with Gasteiger partial charge < -0.3 is 9.73 Å². The summed E-state index contributed by atoms with van der Waals surface area (Å²) in [5.74, 6) is -0.0760. The van der Waals surface area contributed by atoms with Gasteiger partial charge >= 0.3 is 0 Å². The zero-order valence-electron chi connectivity index (χ0n) is 8.34. The zero-order chi connectivity index (χ0) is 12.4. The maximum atomic E-state index is 11.7. The van der Waals surface area contributed by atoms with Crippen molar-refractivity contribution in [3.63, 3.8) is 0 Å². The van der Waals surface area contributed by atoms with E-state index in [1.54, 1.807) is 30.3 Å². The van der Waals surface area contributed by atoms with Crippen LogP contribution in [0.3, 0.4) is 0 Å². The molecule has 2 aromatic rings. The first-order chi connectivity index (χ1) is 8.06. The van der Waals surface area contributed by atoms with Gasteiger partial charge in [-0.3, -0.25) is 4.79 Å². The van der Waals surface area contributed by atoms with E-state index in [1.165, 1.54) is 0 Å². The summed E-state index contributed by atoms with van der Waals surface area (Å²) in [7, 11) is 0. The third-order valence-corrected chi connectivity index (χ3v) is 3.61. The molecule has 1 aromatic heterocycles. The van der Waals surface area contributed by atoms with Crippen molar-refractivity contribution >= 4 is 55.1 Å². The van der Waals surface area contributed by atoms with Crippen LogP contribution in [0.1, 0.15) is 10.6 Å². The van der Waals surface area contributed by atoms with Gasteiger partial charge in [0, 0.05) is 10.2 Å². The highest BCUT2D eigenvalue weighted by molar-refractivity contribution is 9.10. The highest BCUT2D eigenvalue weighted by Crippen LogP contribution is 2.26. The molecular formula is C11H6Br2ClNO2. The van der Waals surface area contributed by atoms with E-state index in [0.717, 1.165) is 4.47 Å². The first-order valence-corrected chi connectivity index (χ1v) is 6.54. The van der Waals surface area contributed by atoms with E-state index >= 15 is 0 Å². The summed E-state index contributed by atoms with van der Waals surface area (Å²) in [6.07, 6.45) is 0. The standard InChI is InChI=1S/C11H6Br2ClNO2/c12-7-5-6(1-2-8(7)14)15-11(16)9-3-4-10(13)17-9/h1-5H,(H,15,16). The van der Waals surface area contributed by atoms with Crippen LogP contribution in [-0.2, 0) is 0 Å². The number of benzene rings is 1. The van der Waals surface area contributed by atoms with Crippen molar-refractivity contribution in [2.75, 3.05) is 5.32 Å². The number of carbonyl (C=O) groups is 1. The number of hydrogen-bond donors (Lipinski definition) is 1. The van der Waals surface area contributed by atoms with Crippen molar-refractivity contribution in [1.29, 1.82) is 0 Å². The first kappa shape index (κ1) is 12.7. The molecule has 0 fully saturated rings. The van der Waals surface area contributed by atoms with Crippen molar-refractivity contribution in [2.45, 2.75) is 0 Å². The van der Waals surface area contributed by atoms with Crippen LogP contribution in [0, 0.1) is 0 Å². The van der Waals surface area contributed by atoms with Crippen molar-refractivity contribution < 1.29 is 9.21 Å². The van der Waals surface area contributed by atoms with E-state index in [1.807, 2.05) is 0 Å². The Morgan fingerprint density at radius 3 is 2.59 bits per heavy atom. The lowest BCUT2D eigenvalue weighted by molar-refractivity contribution is 0.0995. The number of halogens is 3. The summed E-state index contributed by atoms with van der Waals surface area (Å²) in [6, 6.07) is 8.37. The molecule has 0 aliphatic rings. The number of furan rings is 1. The molecule has 3 nitrogen and oxygen atoms in total. The van der Waals surface area contributed by atoms with Gasteiger partial charge in [-0.1, -0.05) is 11.6 Å². The molecule has 0 aliphatic carbocycles. The fourth-order valence-corrected chi connectivity index (χ4v) is 2.01. The highest BCUT2D eigenvalue weighted by Gasteiger charge is 2.11. The summed E-state index contributed by atoms with van der Waals surface area (Å²) in [6.45, 7) is 0. The van der Waals surface area contributed by atoms with Crippen LogP contribution in [0.25, 0.3) is 0 Å². The van der Waals surface area contributed by atoms with Crippen LogP contribution in [0.2, 0.25) is 5.02 Å². The van der Waals surface area contributed by atoms with E-state index in [2.05, 4.69) is 37.2 Å². The van der Waals surface area contributed by atoms with Gasteiger partial charge in [0.15, 0.2) is 10.4 Å². The Hall–Kier alpha value is -0.780. The molecule has 0 atom stereocenters. The lowest BCUT2D eigenvalue weighted by atomic mass is 10.3. The molecule has 6 heteroatoms. The minimum Gasteiger partial charge on any atom is -0.444 e. The number of hydrogen-bond acceptors (Lipinski definition) is 2. The van der Waals surface area contributed by atoms with E-state index in [4.69, 9.17) is 16.0 Å². The molecule has 0 radical (unpaired) electrons. The minimum absolute atomic E-state index is 0.239. The number of anilines is 1. The van der Waals surface area contributed by atoms with Gasteiger partial charge in [0.1, 0.15) is 0 Å². The van der Waals surface area contributed by atoms with Gasteiger partial charge in [0.25, 0.3) is 5.91 Å². The summed E-state index contributed by atoms with van der Waals surface area (Å²) in [4.78, 5) is 11.7. The summed E-state index contributed by atoms with van der Waals surface area (Å²) >= 11 is 12.3. The first-order valence-electron chi connectivity index (χ1n) is 4.58. The quantitative estimate of drug-likeness (QED) is 0.821. The Morgan fingerprint density at radius 1 is 1.24 bits per heavy atom. The lowest BCUT2D eigenvalue weighted by Gasteiger charge is -2.04. The van der Waals surface area contributed by atoms with E-state index < -0.39 is 0 Å².